The summed E-state index contributed by atoms with van der Waals surface area (Å²) in [4.78, 5) is 27.1. The Kier molecular flexibility index (Phi) is 6.83. The number of nitrogens with zero attached hydrogens (tertiary/aromatic N) is 1. The van der Waals surface area contributed by atoms with Crippen LogP contribution >= 0.6 is 0 Å². The Hall–Kier alpha value is -3.01. The smallest absolute Gasteiger partial charge is 0.362 e. The second kappa shape index (κ2) is 9.08. The van der Waals surface area contributed by atoms with Crippen molar-refractivity contribution < 1.29 is 31.9 Å². The number of nitrogens with one attached hydrogen (secondary N) is 2. The monoisotopic (exact) mass is 385 g/mol. The van der Waals surface area contributed by atoms with Gasteiger partial charge in [0, 0.05) is 24.6 Å². The maximum atomic E-state index is 13.2. The first-order chi connectivity index (χ1) is 12.8. The Morgan fingerprint density at radius 3 is 2.52 bits per heavy atom. The molecule has 0 saturated heterocycles. The number of alkyl halides is 3. The molecule has 6 nitrogen and oxygen atoms in total. The lowest BCUT2D eigenvalue weighted by molar-refractivity contribution is -0.140. The average Bonchev–Trinajstić information content (AvgIpc) is 2.61. The number of hydrogen-bond donors (Lipinski definition) is 2. The van der Waals surface area contributed by atoms with Gasteiger partial charge in [-0.1, -0.05) is 6.07 Å². The summed E-state index contributed by atoms with van der Waals surface area (Å²) in [6, 6.07) is 5.55. The average molecular weight is 385 g/mol. The van der Waals surface area contributed by atoms with Crippen LogP contribution in [0, 0.1) is 5.82 Å². The van der Waals surface area contributed by atoms with Crippen LogP contribution in [-0.2, 0) is 27.0 Å². The van der Waals surface area contributed by atoms with Crippen LogP contribution in [0.3, 0.4) is 0 Å². The van der Waals surface area contributed by atoms with E-state index in [9.17, 15) is 27.2 Å². The van der Waals surface area contributed by atoms with Crippen molar-refractivity contribution in [2.24, 2.45) is 0 Å². The highest BCUT2D eigenvalue weighted by molar-refractivity contribution is 5.92. The zero-order valence-electron chi connectivity index (χ0n) is 13.8. The molecule has 0 saturated carbocycles. The summed E-state index contributed by atoms with van der Waals surface area (Å²) in [6.45, 7) is -0.734. The second-order valence-electron chi connectivity index (χ2n) is 5.37. The van der Waals surface area contributed by atoms with Gasteiger partial charge < -0.3 is 15.4 Å². The Bertz CT molecular complexity index is 798. The van der Waals surface area contributed by atoms with E-state index in [1.165, 1.54) is 0 Å². The van der Waals surface area contributed by atoms with Gasteiger partial charge in [-0.25, -0.2) is 4.39 Å². The predicted octanol–water partition coefficient (Wildman–Crippen LogP) is 2.51. The molecule has 2 amide bonds. The van der Waals surface area contributed by atoms with Crippen LogP contribution in [0.2, 0.25) is 0 Å². The van der Waals surface area contributed by atoms with Gasteiger partial charge >= 0.3 is 6.18 Å². The molecule has 2 N–H and O–H groups in total. The molecule has 2 rings (SSSR count). The van der Waals surface area contributed by atoms with Crippen LogP contribution in [0.15, 0.2) is 42.7 Å². The summed E-state index contributed by atoms with van der Waals surface area (Å²) in [5.41, 5.74) is -0.949. The molecular formula is C17H15F4N3O3. The summed E-state index contributed by atoms with van der Waals surface area (Å²) < 4.78 is 56.0. The van der Waals surface area contributed by atoms with Crippen molar-refractivity contribution in [3.8, 4) is 0 Å². The number of carbonyl (C=O) groups excluding carboxylic acids is 2. The molecular weight excluding hydrogens is 370 g/mol. The zero-order valence-corrected chi connectivity index (χ0v) is 13.8. The SMILES string of the molecule is O=C(COCC(=O)Nc1ccc(F)c(C(F)(F)F)c1)NCc1cccnc1. The van der Waals surface area contributed by atoms with Crippen LogP contribution in [-0.4, -0.2) is 30.0 Å². The number of amides is 2. The lowest BCUT2D eigenvalue weighted by atomic mass is 10.2. The molecule has 0 aliphatic rings. The molecule has 10 heteroatoms. The van der Waals surface area contributed by atoms with Crippen molar-refractivity contribution in [1.29, 1.82) is 0 Å². The highest BCUT2D eigenvalue weighted by Gasteiger charge is 2.34. The minimum Gasteiger partial charge on any atom is -0.362 e. The predicted molar refractivity (Wildman–Crippen MR) is 86.9 cm³/mol. The van der Waals surface area contributed by atoms with Gasteiger partial charge in [0.2, 0.25) is 11.8 Å². The van der Waals surface area contributed by atoms with Crippen LogP contribution in [0.5, 0.6) is 0 Å². The van der Waals surface area contributed by atoms with Crippen molar-refractivity contribution in [3.05, 3.63) is 59.7 Å². The minimum atomic E-state index is -4.88. The van der Waals surface area contributed by atoms with Gasteiger partial charge in [-0.2, -0.15) is 13.2 Å². The maximum absolute atomic E-state index is 13.2. The van der Waals surface area contributed by atoms with Crippen molar-refractivity contribution in [3.63, 3.8) is 0 Å². The third kappa shape index (κ3) is 6.66. The summed E-state index contributed by atoms with van der Waals surface area (Å²) in [6.07, 6.45) is -1.72. The van der Waals surface area contributed by atoms with E-state index in [1.54, 1.807) is 24.5 Å². The van der Waals surface area contributed by atoms with E-state index in [1.807, 2.05) is 0 Å². The molecule has 1 aromatic carbocycles. The Balaban J connectivity index is 1.75. The molecule has 1 aromatic heterocycles. The Labute approximate surface area is 151 Å². The third-order valence-corrected chi connectivity index (χ3v) is 3.23. The topological polar surface area (TPSA) is 80.3 Å². The number of benzene rings is 1. The van der Waals surface area contributed by atoms with Crippen LogP contribution in [0.4, 0.5) is 23.2 Å². The first-order valence-corrected chi connectivity index (χ1v) is 7.65. The van der Waals surface area contributed by atoms with E-state index in [-0.39, 0.29) is 12.2 Å². The number of carbonyl (C=O) groups is 2. The molecule has 0 spiro atoms. The van der Waals surface area contributed by atoms with Crippen molar-refractivity contribution >= 4 is 17.5 Å². The zero-order chi connectivity index (χ0) is 19.9. The molecule has 0 fully saturated rings. The Morgan fingerprint density at radius 1 is 1.11 bits per heavy atom. The molecule has 1 heterocycles. The lowest BCUT2D eigenvalue weighted by Crippen LogP contribution is -2.29. The van der Waals surface area contributed by atoms with E-state index in [0.29, 0.717) is 12.1 Å². The number of pyridine rings is 1. The Morgan fingerprint density at radius 2 is 1.85 bits per heavy atom. The third-order valence-electron chi connectivity index (χ3n) is 3.23. The van der Waals surface area contributed by atoms with Crippen molar-refractivity contribution in [2.75, 3.05) is 18.5 Å². The number of rotatable bonds is 7. The molecule has 0 aliphatic heterocycles. The minimum absolute atomic E-state index is 0.234. The molecule has 0 aliphatic carbocycles. The van der Waals surface area contributed by atoms with Gasteiger partial charge in [0.1, 0.15) is 19.0 Å². The maximum Gasteiger partial charge on any atom is 0.419 e. The highest BCUT2D eigenvalue weighted by Crippen LogP contribution is 2.32. The summed E-state index contributed by atoms with van der Waals surface area (Å²) >= 11 is 0. The van der Waals surface area contributed by atoms with Crippen LogP contribution < -0.4 is 10.6 Å². The summed E-state index contributed by atoms with van der Waals surface area (Å²) in [5.74, 6) is -2.70. The summed E-state index contributed by atoms with van der Waals surface area (Å²) in [7, 11) is 0. The van der Waals surface area contributed by atoms with E-state index < -0.39 is 42.6 Å². The molecule has 144 valence electrons. The molecule has 0 atom stereocenters. The van der Waals surface area contributed by atoms with Gasteiger partial charge in [0.15, 0.2) is 0 Å². The number of halogens is 4. The first-order valence-electron chi connectivity index (χ1n) is 7.65. The van der Waals surface area contributed by atoms with Gasteiger partial charge in [-0.05, 0) is 29.8 Å². The number of ether oxygens (including phenoxy) is 1. The normalized spacial score (nSPS) is 11.1. The van der Waals surface area contributed by atoms with Crippen LogP contribution in [0.25, 0.3) is 0 Å². The first kappa shape index (κ1) is 20.3. The number of hydrogen-bond acceptors (Lipinski definition) is 4. The molecule has 0 unspecified atom stereocenters. The van der Waals surface area contributed by atoms with Gasteiger partial charge in [0.05, 0.1) is 5.56 Å². The lowest BCUT2D eigenvalue weighted by Gasteiger charge is -2.11. The second-order valence-corrected chi connectivity index (χ2v) is 5.37. The van der Waals surface area contributed by atoms with Gasteiger partial charge in [-0.15, -0.1) is 0 Å². The fourth-order valence-corrected chi connectivity index (χ4v) is 2.01. The standard InChI is InChI=1S/C17H15F4N3O3/c18-14-4-3-12(6-13(14)17(19,20)21)24-16(26)10-27-9-15(25)23-8-11-2-1-5-22-7-11/h1-7H,8-10H2,(H,23,25)(H,24,26). The number of aromatic nitrogens is 1. The van der Waals surface area contributed by atoms with Crippen molar-refractivity contribution in [2.45, 2.75) is 12.7 Å². The van der Waals surface area contributed by atoms with E-state index in [2.05, 4.69) is 15.6 Å². The molecule has 27 heavy (non-hydrogen) atoms. The molecule has 0 radical (unpaired) electrons. The van der Waals surface area contributed by atoms with E-state index >= 15 is 0 Å². The van der Waals surface area contributed by atoms with E-state index in [4.69, 9.17) is 4.74 Å². The fourth-order valence-electron chi connectivity index (χ4n) is 2.01. The highest BCUT2D eigenvalue weighted by atomic mass is 19.4. The fraction of sp³-hybridized carbons (Fsp3) is 0.235. The number of anilines is 1. The van der Waals surface area contributed by atoms with Gasteiger partial charge in [-0.3, -0.25) is 14.6 Å². The van der Waals surface area contributed by atoms with Crippen LogP contribution in [0.1, 0.15) is 11.1 Å². The molecule has 0 bridgehead atoms. The van der Waals surface area contributed by atoms with E-state index in [0.717, 1.165) is 11.6 Å². The molecule has 2 aromatic rings. The quantitative estimate of drug-likeness (QED) is 0.718. The van der Waals surface area contributed by atoms with Crippen molar-refractivity contribution in [1.82, 2.24) is 10.3 Å². The van der Waals surface area contributed by atoms with Gasteiger partial charge in [0.25, 0.3) is 0 Å². The largest absolute Gasteiger partial charge is 0.419 e. The summed E-state index contributed by atoms with van der Waals surface area (Å²) in [5, 5.41) is 4.69.